The van der Waals surface area contributed by atoms with Crippen molar-refractivity contribution in [3.8, 4) is 11.3 Å². The smallest absolute Gasteiger partial charge is 0.308 e. The predicted molar refractivity (Wildman–Crippen MR) is 84.7 cm³/mol. The summed E-state index contributed by atoms with van der Waals surface area (Å²) in [5, 5.41) is 8.97. The number of rotatable bonds is 5. The molecule has 5 nitrogen and oxygen atoms in total. The van der Waals surface area contributed by atoms with Gasteiger partial charge in [0.05, 0.1) is 11.5 Å². The second-order valence-corrected chi connectivity index (χ2v) is 5.91. The minimum Gasteiger partial charge on any atom is -0.481 e. The third-order valence-corrected chi connectivity index (χ3v) is 4.28. The van der Waals surface area contributed by atoms with Crippen LogP contribution >= 0.6 is 0 Å². The van der Waals surface area contributed by atoms with Gasteiger partial charge in [-0.15, -0.1) is 0 Å². The van der Waals surface area contributed by atoms with Crippen molar-refractivity contribution in [1.29, 1.82) is 0 Å². The Morgan fingerprint density at radius 2 is 2.04 bits per heavy atom. The zero-order valence-corrected chi connectivity index (χ0v) is 13.1. The van der Waals surface area contributed by atoms with E-state index in [-0.39, 0.29) is 24.7 Å². The molecule has 0 saturated carbocycles. The molecule has 2 aromatic rings. The van der Waals surface area contributed by atoms with E-state index in [9.17, 15) is 14.0 Å². The van der Waals surface area contributed by atoms with Gasteiger partial charge in [-0.1, -0.05) is 12.1 Å². The van der Waals surface area contributed by atoms with Crippen LogP contribution in [0.3, 0.4) is 0 Å². The molecule has 1 aromatic carbocycles. The SMILES string of the molecule is O=C(O)[C@@H]1CCN(C(=O)CCc2ccc(-c3ccccc3F)o2)C1. The predicted octanol–water partition coefficient (Wildman–Crippen LogP) is 2.95. The number of hydrogen-bond donors (Lipinski definition) is 1. The Morgan fingerprint density at radius 3 is 2.75 bits per heavy atom. The number of amides is 1. The molecular formula is C18H18FNO4. The summed E-state index contributed by atoms with van der Waals surface area (Å²) in [5.41, 5.74) is 0.388. The summed E-state index contributed by atoms with van der Waals surface area (Å²) in [6.45, 7) is 0.751. The summed E-state index contributed by atoms with van der Waals surface area (Å²) < 4.78 is 19.4. The molecule has 1 aliphatic heterocycles. The van der Waals surface area contributed by atoms with Gasteiger partial charge >= 0.3 is 5.97 Å². The van der Waals surface area contributed by atoms with Crippen molar-refractivity contribution in [2.24, 2.45) is 5.92 Å². The quantitative estimate of drug-likeness (QED) is 0.914. The van der Waals surface area contributed by atoms with Gasteiger partial charge in [-0.25, -0.2) is 4.39 Å². The third-order valence-electron chi connectivity index (χ3n) is 4.28. The molecule has 1 saturated heterocycles. The molecule has 1 amide bonds. The summed E-state index contributed by atoms with van der Waals surface area (Å²) in [5.74, 6) is -0.719. The number of hydrogen-bond acceptors (Lipinski definition) is 3. The van der Waals surface area contributed by atoms with E-state index in [0.717, 1.165) is 0 Å². The van der Waals surface area contributed by atoms with Crippen LogP contribution in [0.2, 0.25) is 0 Å². The maximum Gasteiger partial charge on any atom is 0.308 e. The lowest BCUT2D eigenvalue weighted by molar-refractivity contribution is -0.141. The van der Waals surface area contributed by atoms with Crippen LogP contribution in [0.25, 0.3) is 11.3 Å². The molecule has 3 rings (SSSR count). The number of nitrogens with zero attached hydrogens (tertiary/aromatic N) is 1. The van der Waals surface area contributed by atoms with E-state index in [0.29, 0.717) is 36.5 Å². The first-order valence-electron chi connectivity index (χ1n) is 7.89. The Balaban J connectivity index is 1.57. The maximum atomic E-state index is 13.7. The highest BCUT2D eigenvalue weighted by Crippen LogP contribution is 2.25. The van der Waals surface area contributed by atoms with Crippen LogP contribution in [0, 0.1) is 11.7 Å². The van der Waals surface area contributed by atoms with E-state index in [4.69, 9.17) is 9.52 Å². The number of halogens is 1. The molecular weight excluding hydrogens is 313 g/mol. The minimum atomic E-state index is -0.856. The van der Waals surface area contributed by atoms with Gasteiger partial charge in [-0.2, -0.15) is 0 Å². The maximum absolute atomic E-state index is 13.7. The number of carboxylic acid groups (broad SMARTS) is 1. The monoisotopic (exact) mass is 331 g/mol. The van der Waals surface area contributed by atoms with Crippen molar-refractivity contribution < 1.29 is 23.5 Å². The van der Waals surface area contributed by atoms with Gasteiger partial charge < -0.3 is 14.4 Å². The van der Waals surface area contributed by atoms with Crippen molar-refractivity contribution in [1.82, 2.24) is 4.90 Å². The Kier molecular flexibility index (Phi) is 4.64. The largest absolute Gasteiger partial charge is 0.481 e. The lowest BCUT2D eigenvalue weighted by Gasteiger charge is -2.15. The van der Waals surface area contributed by atoms with Gasteiger partial charge in [-0.05, 0) is 30.7 Å². The average molecular weight is 331 g/mol. The van der Waals surface area contributed by atoms with Gasteiger partial charge in [0.15, 0.2) is 0 Å². The molecule has 2 heterocycles. The normalized spacial score (nSPS) is 17.2. The summed E-state index contributed by atoms with van der Waals surface area (Å²) in [7, 11) is 0. The summed E-state index contributed by atoms with van der Waals surface area (Å²) in [6, 6.07) is 9.78. The number of carboxylic acids is 1. The van der Waals surface area contributed by atoms with Crippen molar-refractivity contribution in [3.63, 3.8) is 0 Å². The van der Waals surface area contributed by atoms with Gasteiger partial charge in [0.2, 0.25) is 5.91 Å². The molecule has 6 heteroatoms. The van der Waals surface area contributed by atoms with Crippen molar-refractivity contribution in [3.05, 3.63) is 48.0 Å². The molecule has 0 aliphatic carbocycles. The van der Waals surface area contributed by atoms with E-state index in [1.165, 1.54) is 6.07 Å². The number of furan rings is 1. The first-order chi connectivity index (χ1) is 11.5. The number of carbonyl (C=O) groups excluding carboxylic acids is 1. The van der Waals surface area contributed by atoms with Crippen LogP contribution in [-0.2, 0) is 16.0 Å². The van der Waals surface area contributed by atoms with Crippen molar-refractivity contribution in [2.75, 3.05) is 13.1 Å². The number of aryl methyl sites for hydroxylation is 1. The minimum absolute atomic E-state index is 0.0809. The zero-order valence-electron chi connectivity index (χ0n) is 13.1. The fourth-order valence-electron chi connectivity index (χ4n) is 2.89. The van der Waals surface area contributed by atoms with Gasteiger partial charge in [-0.3, -0.25) is 9.59 Å². The molecule has 24 heavy (non-hydrogen) atoms. The van der Waals surface area contributed by atoms with E-state index in [2.05, 4.69) is 0 Å². The number of benzene rings is 1. The van der Waals surface area contributed by atoms with E-state index in [1.807, 2.05) is 0 Å². The van der Waals surface area contributed by atoms with Crippen LogP contribution in [0.5, 0.6) is 0 Å². The van der Waals surface area contributed by atoms with Gasteiger partial charge in [0.1, 0.15) is 17.3 Å². The highest BCUT2D eigenvalue weighted by Gasteiger charge is 2.30. The Bertz CT molecular complexity index is 755. The lowest BCUT2D eigenvalue weighted by atomic mass is 10.1. The molecule has 1 fully saturated rings. The second kappa shape index (κ2) is 6.86. The third kappa shape index (κ3) is 3.48. The average Bonchev–Trinajstić information content (AvgIpc) is 3.22. The molecule has 0 unspecified atom stereocenters. The fraction of sp³-hybridized carbons (Fsp3) is 0.333. The van der Waals surface area contributed by atoms with Gasteiger partial charge in [0, 0.05) is 25.9 Å². The molecule has 0 bridgehead atoms. The van der Waals surface area contributed by atoms with Crippen molar-refractivity contribution >= 4 is 11.9 Å². The molecule has 0 radical (unpaired) electrons. The first kappa shape index (κ1) is 16.2. The molecule has 126 valence electrons. The van der Waals surface area contributed by atoms with E-state index < -0.39 is 11.9 Å². The standard InChI is InChI=1S/C18H18FNO4/c19-15-4-2-1-3-14(15)16-7-5-13(24-16)6-8-17(21)20-10-9-12(11-20)18(22)23/h1-5,7,12H,6,8-11H2,(H,22,23)/t12-/m1/s1. The molecule has 1 N–H and O–H groups in total. The molecule has 1 aromatic heterocycles. The molecule has 0 spiro atoms. The van der Waals surface area contributed by atoms with Crippen LogP contribution in [-0.4, -0.2) is 35.0 Å². The van der Waals surface area contributed by atoms with E-state index >= 15 is 0 Å². The highest BCUT2D eigenvalue weighted by atomic mass is 19.1. The van der Waals surface area contributed by atoms with Crippen molar-refractivity contribution in [2.45, 2.75) is 19.3 Å². The van der Waals surface area contributed by atoms with Crippen LogP contribution in [0.4, 0.5) is 4.39 Å². The lowest BCUT2D eigenvalue weighted by Crippen LogP contribution is -2.30. The summed E-state index contributed by atoms with van der Waals surface area (Å²) >= 11 is 0. The summed E-state index contributed by atoms with van der Waals surface area (Å²) in [6.07, 6.45) is 1.15. The highest BCUT2D eigenvalue weighted by molar-refractivity contribution is 5.78. The zero-order chi connectivity index (χ0) is 17.1. The Morgan fingerprint density at radius 1 is 1.25 bits per heavy atom. The molecule has 1 atom stereocenters. The summed E-state index contributed by atoms with van der Waals surface area (Å²) in [4.78, 5) is 24.7. The van der Waals surface area contributed by atoms with Crippen LogP contribution < -0.4 is 0 Å². The Hall–Kier alpha value is -2.63. The number of likely N-dealkylation sites (tertiary alicyclic amines) is 1. The van der Waals surface area contributed by atoms with Gasteiger partial charge in [0.25, 0.3) is 0 Å². The van der Waals surface area contributed by atoms with Crippen LogP contribution in [0.15, 0.2) is 40.8 Å². The fourth-order valence-corrected chi connectivity index (χ4v) is 2.89. The number of aliphatic carboxylic acids is 1. The molecule has 1 aliphatic rings. The van der Waals surface area contributed by atoms with Crippen LogP contribution in [0.1, 0.15) is 18.6 Å². The second-order valence-electron chi connectivity index (χ2n) is 5.91. The topological polar surface area (TPSA) is 70.8 Å². The number of carbonyl (C=O) groups is 2. The van der Waals surface area contributed by atoms with E-state index in [1.54, 1.807) is 35.2 Å². The first-order valence-corrected chi connectivity index (χ1v) is 7.89. The Labute approximate surface area is 138 Å².